The maximum absolute atomic E-state index is 4.65. The monoisotopic (exact) mass is 267 g/mol. The number of pyridine rings is 1. The van der Waals surface area contributed by atoms with E-state index in [2.05, 4.69) is 59.4 Å². The average molecular weight is 267 g/mol. The van der Waals surface area contributed by atoms with Gasteiger partial charge in [0.25, 0.3) is 0 Å². The third-order valence-electron chi connectivity index (χ3n) is 3.87. The number of nitrogens with one attached hydrogen (secondary N) is 1. The molecule has 3 rings (SSSR count). The molecule has 0 aliphatic carbocycles. The Balaban J connectivity index is 2.01. The van der Waals surface area contributed by atoms with E-state index in [9.17, 15) is 0 Å². The third-order valence-corrected chi connectivity index (χ3v) is 3.87. The molecular weight excluding hydrogens is 246 g/mol. The Kier molecular flexibility index (Phi) is 3.70. The van der Waals surface area contributed by atoms with Crippen LogP contribution in [0.5, 0.6) is 0 Å². The van der Waals surface area contributed by atoms with E-state index in [0.717, 1.165) is 25.3 Å². The highest BCUT2D eigenvalue weighted by Gasteiger charge is 2.28. The van der Waals surface area contributed by atoms with E-state index < -0.39 is 0 Å². The predicted octanol–water partition coefficient (Wildman–Crippen LogP) is 3.27. The van der Waals surface area contributed by atoms with Crippen molar-refractivity contribution in [3.63, 3.8) is 0 Å². The second kappa shape index (κ2) is 5.63. The van der Waals surface area contributed by atoms with Gasteiger partial charge in [-0.3, -0.25) is 0 Å². The number of anilines is 2. The molecule has 1 aliphatic heterocycles. The Labute approximate surface area is 120 Å². The first-order valence-corrected chi connectivity index (χ1v) is 7.33. The van der Waals surface area contributed by atoms with E-state index in [1.54, 1.807) is 0 Å². The lowest BCUT2D eigenvalue weighted by Crippen LogP contribution is -2.27. The highest BCUT2D eigenvalue weighted by atomic mass is 15.2. The van der Waals surface area contributed by atoms with Crippen LogP contribution in [0.15, 0.2) is 42.6 Å². The highest BCUT2D eigenvalue weighted by molar-refractivity contribution is 5.70. The molecule has 0 saturated heterocycles. The van der Waals surface area contributed by atoms with E-state index in [1.165, 1.54) is 16.8 Å². The maximum atomic E-state index is 4.65. The van der Waals surface area contributed by atoms with Gasteiger partial charge < -0.3 is 10.2 Å². The number of fused-ring (bicyclic) bond motifs is 1. The summed E-state index contributed by atoms with van der Waals surface area (Å²) in [6, 6.07) is 13.3. The van der Waals surface area contributed by atoms with Crippen molar-refractivity contribution in [2.24, 2.45) is 0 Å². The zero-order valence-electron chi connectivity index (χ0n) is 12.1. The van der Waals surface area contributed by atoms with Gasteiger partial charge >= 0.3 is 0 Å². The molecule has 1 aromatic heterocycles. The van der Waals surface area contributed by atoms with Crippen molar-refractivity contribution in [1.29, 1.82) is 0 Å². The van der Waals surface area contributed by atoms with Gasteiger partial charge in [0.05, 0.1) is 0 Å². The van der Waals surface area contributed by atoms with Crippen molar-refractivity contribution in [2.45, 2.75) is 32.9 Å². The molecule has 0 bridgehead atoms. The van der Waals surface area contributed by atoms with Gasteiger partial charge in [-0.1, -0.05) is 31.2 Å². The minimum Gasteiger partial charge on any atom is -0.323 e. The normalized spacial score (nSPS) is 17.3. The standard InChI is InChI=1S/C17H21N3/c1-3-18-12-15-8-6-10-19-17(15)20-13(2)11-14-7-4-5-9-16(14)20/h4-10,13,18H,3,11-12H2,1-2H3. The van der Waals surface area contributed by atoms with Gasteiger partial charge in [0.15, 0.2) is 0 Å². The molecule has 2 heterocycles. The van der Waals surface area contributed by atoms with E-state index in [1.807, 2.05) is 12.3 Å². The highest BCUT2D eigenvalue weighted by Crippen LogP contribution is 2.38. The molecule has 0 amide bonds. The van der Waals surface area contributed by atoms with Gasteiger partial charge in [-0.25, -0.2) is 4.98 Å². The van der Waals surface area contributed by atoms with Crippen LogP contribution in [0.1, 0.15) is 25.0 Å². The molecule has 3 heteroatoms. The minimum absolute atomic E-state index is 0.461. The summed E-state index contributed by atoms with van der Waals surface area (Å²) in [5.41, 5.74) is 3.98. The van der Waals surface area contributed by atoms with Crippen LogP contribution < -0.4 is 10.2 Å². The van der Waals surface area contributed by atoms with E-state index >= 15 is 0 Å². The number of hydrogen-bond acceptors (Lipinski definition) is 3. The van der Waals surface area contributed by atoms with Crippen molar-refractivity contribution in [1.82, 2.24) is 10.3 Å². The molecule has 20 heavy (non-hydrogen) atoms. The predicted molar refractivity (Wildman–Crippen MR) is 83.4 cm³/mol. The van der Waals surface area contributed by atoms with Crippen LogP contribution in [0.2, 0.25) is 0 Å². The van der Waals surface area contributed by atoms with Gasteiger partial charge in [0.2, 0.25) is 0 Å². The topological polar surface area (TPSA) is 28.2 Å². The van der Waals surface area contributed by atoms with Crippen molar-refractivity contribution >= 4 is 11.5 Å². The molecular formula is C17H21N3. The van der Waals surface area contributed by atoms with Gasteiger partial charge in [-0.2, -0.15) is 0 Å². The van der Waals surface area contributed by atoms with Gasteiger partial charge in [0.1, 0.15) is 5.82 Å². The molecule has 0 fully saturated rings. The van der Waals surface area contributed by atoms with Crippen LogP contribution >= 0.6 is 0 Å². The summed E-state index contributed by atoms with van der Waals surface area (Å²) in [4.78, 5) is 7.03. The number of aromatic nitrogens is 1. The molecule has 0 saturated carbocycles. The number of hydrogen-bond donors (Lipinski definition) is 1. The van der Waals surface area contributed by atoms with Crippen LogP contribution in [0.4, 0.5) is 11.5 Å². The number of nitrogens with zero attached hydrogens (tertiary/aromatic N) is 2. The van der Waals surface area contributed by atoms with Crippen molar-refractivity contribution in [3.8, 4) is 0 Å². The largest absolute Gasteiger partial charge is 0.323 e. The minimum atomic E-state index is 0.461. The molecule has 1 atom stereocenters. The second-order valence-corrected chi connectivity index (χ2v) is 5.32. The summed E-state index contributed by atoms with van der Waals surface area (Å²) in [6.45, 7) is 6.24. The van der Waals surface area contributed by atoms with Crippen LogP contribution in [0, 0.1) is 0 Å². The fourth-order valence-corrected chi connectivity index (χ4v) is 2.93. The fraction of sp³-hybridized carbons (Fsp3) is 0.353. The number of rotatable bonds is 4. The number of benzene rings is 1. The first-order chi connectivity index (χ1) is 9.81. The number of para-hydroxylation sites is 1. The quantitative estimate of drug-likeness (QED) is 0.921. The van der Waals surface area contributed by atoms with Crippen molar-refractivity contribution in [2.75, 3.05) is 11.4 Å². The summed E-state index contributed by atoms with van der Waals surface area (Å²) in [6.07, 6.45) is 2.98. The Bertz CT molecular complexity index is 594. The molecule has 0 radical (unpaired) electrons. The fourth-order valence-electron chi connectivity index (χ4n) is 2.93. The lowest BCUT2D eigenvalue weighted by molar-refractivity contribution is 0.707. The van der Waals surface area contributed by atoms with E-state index in [0.29, 0.717) is 6.04 Å². The van der Waals surface area contributed by atoms with Crippen LogP contribution in [-0.2, 0) is 13.0 Å². The zero-order valence-corrected chi connectivity index (χ0v) is 12.1. The summed E-state index contributed by atoms with van der Waals surface area (Å²) in [5, 5.41) is 3.40. The Morgan fingerprint density at radius 3 is 2.95 bits per heavy atom. The summed E-state index contributed by atoms with van der Waals surface area (Å²) >= 11 is 0. The van der Waals surface area contributed by atoms with Gasteiger partial charge in [-0.15, -0.1) is 0 Å². The van der Waals surface area contributed by atoms with Gasteiger partial charge in [-0.05, 0) is 37.6 Å². The van der Waals surface area contributed by atoms with Crippen molar-refractivity contribution in [3.05, 3.63) is 53.7 Å². The first kappa shape index (κ1) is 13.1. The molecule has 1 aliphatic rings. The van der Waals surface area contributed by atoms with Crippen molar-refractivity contribution < 1.29 is 0 Å². The van der Waals surface area contributed by atoms with E-state index in [-0.39, 0.29) is 0 Å². The summed E-state index contributed by atoms with van der Waals surface area (Å²) in [5.74, 6) is 1.09. The Morgan fingerprint density at radius 1 is 1.25 bits per heavy atom. The van der Waals surface area contributed by atoms with Crippen LogP contribution in [0.3, 0.4) is 0 Å². The third kappa shape index (κ3) is 2.29. The molecule has 1 unspecified atom stereocenters. The second-order valence-electron chi connectivity index (χ2n) is 5.32. The molecule has 2 aromatic rings. The lowest BCUT2D eigenvalue weighted by Gasteiger charge is -2.26. The lowest BCUT2D eigenvalue weighted by atomic mass is 10.1. The zero-order chi connectivity index (χ0) is 13.9. The summed E-state index contributed by atoms with van der Waals surface area (Å²) < 4.78 is 0. The molecule has 0 spiro atoms. The van der Waals surface area contributed by atoms with E-state index in [4.69, 9.17) is 0 Å². The maximum Gasteiger partial charge on any atom is 0.137 e. The summed E-state index contributed by atoms with van der Waals surface area (Å²) in [7, 11) is 0. The van der Waals surface area contributed by atoms with Crippen LogP contribution in [0.25, 0.3) is 0 Å². The molecule has 1 N–H and O–H groups in total. The molecule has 3 nitrogen and oxygen atoms in total. The van der Waals surface area contributed by atoms with Gasteiger partial charge in [0, 0.05) is 30.0 Å². The Hall–Kier alpha value is -1.87. The Morgan fingerprint density at radius 2 is 2.10 bits per heavy atom. The molecule has 1 aromatic carbocycles. The smallest absolute Gasteiger partial charge is 0.137 e. The average Bonchev–Trinajstić information content (AvgIpc) is 2.81. The molecule has 104 valence electrons. The SMILES string of the molecule is CCNCc1cccnc1N1c2ccccc2CC1C. The van der Waals surface area contributed by atoms with Crippen LogP contribution in [-0.4, -0.2) is 17.6 Å². The first-order valence-electron chi connectivity index (χ1n) is 7.33.